The van der Waals surface area contributed by atoms with Gasteiger partial charge in [-0.3, -0.25) is 4.90 Å². The Kier molecular flexibility index (Phi) is 5.42. The smallest absolute Gasteiger partial charge is 0.414 e. The molecule has 1 aromatic carbocycles. The van der Waals surface area contributed by atoms with Crippen molar-refractivity contribution in [2.45, 2.75) is 58.9 Å². The summed E-state index contributed by atoms with van der Waals surface area (Å²) in [7, 11) is -1.73. The minimum absolute atomic E-state index is 0.297. The maximum atomic E-state index is 12.9. The number of nitrogens with zero attached hydrogens (tertiary/aromatic N) is 2. The fourth-order valence-electron chi connectivity index (χ4n) is 4.16. The van der Waals surface area contributed by atoms with Crippen LogP contribution in [0.1, 0.15) is 32.8 Å². The van der Waals surface area contributed by atoms with Crippen molar-refractivity contribution in [3.8, 4) is 11.1 Å². The number of halogens is 1. The summed E-state index contributed by atoms with van der Waals surface area (Å²) in [5, 5.41) is 2.84. The van der Waals surface area contributed by atoms with Crippen molar-refractivity contribution in [3.05, 3.63) is 41.0 Å². The number of carbonyl (C=O) groups is 1. The van der Waals surface area contributed by atoms with Crippen molar-refractivity contribution in [2.24, 2.45) is 0 Å². The number of aryl methyl sites for hydroxylation is 1. The topological polar surface area (TPSA) is 58.2 Å². The molecule has 164 valence electrons. The summed E-state index contributed by atoms with van der Waals surface area (Å²) >= 11 is 6.64. The lowest BCUT2D eigenvalue weighted by Crippen LogP contribution is -2.40. The zero-order valence-corrected chi connectivity index (χ0v) is 20.9. The highest BCUT2D eigenvalue weighted by atomic mass is 35.5. The molecule has 1 N–H and O–H groups in total. The number of hydrogen-bond acceptors (Lipinski definition) is 3. The van der Waals surface area contributed by atoms with E-state index in [-0.39, 0.29) is 6.09 Å². The Balaban J connectivity index is 1.89. The van der Waals surface area contributed by atoms with E-state index < -0.39 is 13.7 Å². The molecule has 1 aliphatic heterocycles. The molecule has 0 spiro atoms. The number of ether oxygens (including phenoxy) is 1. The van der Waals surface area contributed by atoms with Crippen LogP contribution in [-0.4, -0.2) is 36.3 Å². The van der Waals surface area contributed by atoms with Gasteiger partial charge in [-0.2, -0.15) is 0 Å². The highest BCUT2D eigenvalue weighted by Gasteiger charge is 2.30. The minimum atomic E-state index is -1.73. The van der Waals surface area contributed by atoms with Crippen molar-refractivity contribution in [1.82, 2.24) is 9.97 Å². The van der Waals surface area contributed by atoms with Gasteiger partial charge in [0.05, 0.1) is 18.8 Å². The fraction of sp³-hybridized carbons (Fsp3) is 0.417. The molecule has 7 heteroatoms. The first-order chi connectivity index (χ1) is 14.5. The molecule has 5 nitrogen and oxygen atoms in total. The second-order valence-electron chi connectivity index (χ2n) is 10.2. The molecule has 0 bridgehead atoms. The largest absolute Gasteiger partial charge is 0.443 e. The summed E-state index contributed by atoms with van der Waals surface area (Å²) in [4.78, 5) is 22.8. The fourth-order valence-corrected chi connectivity index (χ4v) is 5.92. The first-order valence-corrected chi connectivity index (χ1v) is 14.6. The van der Waals surface area contributed by atoms with E-state index in [4.69, 9.17) is 16.3 Å². The van der Waals surface area contributed by atoms with Crippen LogP contribution in [0.5, 0.6) is 0 Å². The number of H-pyrrole nitrogens is 1. The van der Waals surface area contributed by atoms with E-state index in [9.17, 15) is 4.79 Å². The summed E-state index contributed by atoms with van der Waals surface area (Å²) in [6.07, 6.45) is 3.31. The van der Waals surface area contributed by atoms with Gasteiger partial charge >= 0.3 is 6.09 Å². The SMILES string of the molecule is CC(C)(C)OC(=O)N1CCCc2ccc(-c3c([Si](C)(C)C)[nH]c4nccc(Cl)c34)cc21. The van der Waals surface area contributed by atoms with Gasteiger partial charge in [0.25, 0.3) is 0 Å². The second-order valence-corrected chi connectivity index (χ2v) is 15.6. The van der Waals surface area contributed by atoms with Crippen molar-refractivity contribution < 1.29 is 9.53 Å². The lowest BCUT2D eigenvalue weighted by atomic mass is 9.97. The number of hydrogen-bond donors (Lipinski definition) is 1. The standard InChI is InChI=1S/C24H30ClN3O2Si/c1-24(2,3)30-23(29)28-13-7-8-15-9-10-16(14-18(15)28)19-20-17(25)11-12-26-21(20)27-22(19)31(4,5)6/h9-12,14H,7-8,13H2,1-6H3,(H,26,27). The first kappa shape index (κ1) is 21.9. The summed E-state index contributed by atoms with van der Waals surface area (Å²) in [5.74, 6) is 0. The number of benzene rings is 1. The Labute approximate surface area is 189 Å². The molecule has 31 heavy (non-hydrogen) atoms. The Morgan fingerprint density at radius 1 is 1.23 bits per heavy atom. The van der Waals surface area contributed by atoms with Crippen molar-refractivity contribution in [3.63, 3.8) is 0 Å². The number of aromatic nitrogens is 2. The lowest BCUT2D eigenvalue weighted by Gasteiger charge is -2.32. The van der Waals surface area contributed by atoms with E-state index in [1.807, 2.05) is 26.8 Å². The molecule has 3 aromatic rings. The molecule has 0 atom stereocenters. The van der Waals surface area contributed by atoms with Crippen molar-refractivity contribution in [2.75, 3.05) is 11.4 Å². The van der Waals surface area contributed by atoms with Gasteiger partial charge in [0, 0.05) is 29.0 Å². The van der Waals surface area contributed by atoms with Crippen LogP contribution >= 0.6 is 11.6 Å². The zero-order valence-electron chi connectivity index (χ0n) is 19.1. The van der Waals surface area contributed by atoms with Gasteiger partial charge in [0.1, 0.15) is 11.2 Å². The van der Waals surface area contributed by atoms with Crippen LogP contribution in [0.3, 0.4) is 0 Å². The predicted octanol–water partition coefficient (Wildman–Crippen LogP) is 6.12. The van der Waals surface area contributed by atoms with Crippen LogP contribution in [0.15, 0.2) is 30.5 Å². The van der Waals surface area contributed by atoms with Gasteiger partial charge in [-0.25, -0.2) is 9.78 Å². The second kappa shape index (κ2) is 7.68. The summed E-state index contributed by atoms with van der Waals surface area (Å²) in [6.45, 7) is 13.3. The molecular formula is C24H30ClN3O2Si. The van der Waals surface area contributed by atoms with Crippen LogP contribution in [0.2, 0.25) is 24.7 Å². The highest BCUT2D eigenvalue weighted by molar-refractivity contribution is 6.89. The number of fused-ring (bicyclic) bond motifs is 2. The van der Waals surface area contributed by atoms with E-state index in [2.05, 4.69) is 47.8 Å². The molecule has 0 aliphatic carbocycles. The minimum Gasteiger partial charge on any atom is -0.443 e. The van der Waals surface area contributed by atoms with Crippen LogP contribution in [-0.2, 0) is 11.2 Å². The molecule has 0 saturated heterocycles. The van der Waals surface area contributed by atoms with Gasteiger partial charge in [0.2, 0.25) is 0 Å². The molecule has 4 rings (SSSR count). The van der Waals surface area contributed by atoms with E-state index in [1.54, 1.807) is 11.1 Å². The molecule has 0 radical (unpaired) electrons. The molecule has 1 amide bonds. The van der Waals surface area contributed by atoms with Crippen LogP contribution in [0, 0.1) is 0 Å². The molecule has 1 aliphatic rings. The molecular weight excluding hydrogens is 426 g/mol. The monoisotopic (exact) mass is 455 g/mol. The third-order valence-electron chi connectivity index (χ3n) is 5.50. The Morgan fingerprint density at radius 2 is 1.97 bits per heavy atom. The Bertz CT molecular complexity index is 1160. The third-order valence-corrected chi connectivity index (χ3v) is 7.69. The van der Waals surface area contributed by atoms with Gasteiger partial charge < -0.3 is 9.72 Å². The van der Waals surface area contributed by atoms with Gasteiger partial charge in [0.15, 0.2) is 0 Å². The number of rotatable bonds is 2. The molecule has 3 heterocycles. The zero-order chi connectivity index (χ0) is 22.6. The quantitative estimate of drug-likeness (QED) is 0.474. The summed E-state index contributed by atoms with van der Waals surface area (Å²) in [5.41, 5.74) is 4.51. The maximum absolute atomic E-state index is 12.9. The number of anilines is 1. The van der Waals surface area contributed by atoms with Gasteiger partial charge in [-0.1, -0.05) is 43.4 Å². The third kappa shape index (κ3) is 4.23. The van der Waals surface area contributed by atoms with Crippen LogP contribution < -0.4 is 10.2 Å². The van der Waals surface area contributed by atoms with E-state index in [0.29, 0.717) is 11.6 Å². The van der Waals surface area contributed by atoms with Crippen molar-refractivity contribution >= 4 is 47.8 Å². The Hall–Kier alpha value is -2.31. The normalized spacial score (nSPS) is 14.6. The average molecular weight is 456 g/mol. The Morgan fingerprint density at radius 3 is 2.65 bits per heavy atom. The number of nitrogens with one attached hydrogen (secondary N) is 1. The average Bonchev–Trinajstić information content (AvgIpc) is 3.07. The summed E-state index contributed by atoms with van der Waals surface area (Å²) in [6, 6.07) is 8.24. The number of amides is 1. The van der Waals surface area contributed by atoms with Crippen LogP contribution in [0.4, 0.5) is 10.5 Å². The van der Waals surface area contributed by atoms with E-state index in [0.717, 1.165) is 40.7 Å². The number of aromatic amines is 1. The van der Waals surface area contributed by atoms with E-state index in [1.165, 1.54) is 10.9 Å². The summed E-state index contributed by atoms with van der Waals surface area (Å²) < 4.78 is 5.69. The lowest BCUT2D eigenvalue weighted by molar-refractivity contribution is 0.0578. The number of pyridine rings is 1. The van der Waals surface area contributed by atoms with Gasteiger partial charge in [-0.05, 0) is 56.9 Å². The van der Waals surface area contributed by atoms with E-state index >= 15 is 0 Å². The van der Waals surface area contributed by atoms with Crippen molar-refractivity contribution in [1.29, 1.82) is 0 Å². The van der Waals surface area contributed by atoms with Gasteiger partial charge in [-0.15, -0.1) is 0 Å². The molecule has 2 aromatic heterocycles. The predicted molar refractivity (Wildman–Crippen MR) is 131 cm³/mol. The number of carbonyl (C=O) groups excluding carboxylic acids is 1. The van der Waals surface area contributed by atoms with Crippen LogP contribution in [0.25, 0.3) is 22.2 Å². The maximum Gasteiger partial charge on any atom is 0.414 e. The first-order valence-electron chi connectivity index (χ1n) is 10.8. The molecule has 0 fully saturated rings. The molecule has 0 saturated carbocycles. The highest BCUT2D eigenvalue weighted by Crippen LogP contribution is 2.37. The molecule has 0 unspecified atom stereocenters.